The van der Waals surface area contributed by atoms with Crippen LogP contribution in [-0.4, -0.2) is 23.0 Å². The lowest BCUT2D eigenvalue weighted by atomic mass is 9.84. The molecule has 11 heteroatoms. The first-order chi connectivity index (χ1) is 14.2. The summed E-state index contributed by atoms with van der Waals surface area (Å²) in [6.45, 7) is -1.04. The van der Waals surface area contributed by atoms with E-state index in [0.717, 1.165) is 30.7 Å². The van der Waals surface area contributed by atoms with Crippen LogP contribution in [0.2, 0.25) is 5.02 Å². The van der Waals surface area contributed by atoms with Gasteiger partial charge in [0.2, 0.25) is 0 Å². The number of alkyl halides is 2. The largest absolute Gasteiger partial charge is 0.377 e. The van der Waals surface area contributed by atoms with E-state index in [0.29, 0.717) is 21.9 Å². The molecule has 0 bridgehead atoms. The summed E-state index contributed by atoms with van der Waals surface area (Å²) in [5.41, 5.74) is -4.94. The molecular formula is C19H14ClF4N5O. The van der Waals surface area contributed by atoms with Crippen molar-refractivity contribution in [3.05, 3.63) is 76.6 Å². The highest BCUT2D eigenvalue weighted by Crippen LogP contribution is 2.46. The van der Waals surface area contributed by atoms with Crippen molar-refractivity contribution in [2.75, 3.05) is 6.54 Å². The van der Waals surface area contributed by atoms with Crippen molar-refractivity contribution in [2.24, 2.45) is 21.2 Å². The fourth-order valence-electron chi connectivity index (χ4n) is 2.91. The molecule has 3 aromatic rings. The van der Waals surface area contributed by atoms with Gasteiger partial charge in [0, 0.05) is 28.2 Å². The van der Waals surface area contributed by atoms with Gasteiger partial charge in [-0.05, 0) is 35.7 Å². The number of aromatic nitrogens is 1. The Morgan fingerprint density at radius 1 is 1.10 bits per heavy atom. The number of rotatable bonds is 6. The molecule has 0 saturated heterocycles. The van der Waals surface area contributed by atoms with Crippen LogP contribution >= 0.6 is 11.6 Å². The van der Waals surface area contributed by atoms with Gasteiger partial charge in [0.15, 0.2) is 5.60 Å². The van der Waals surface area contributed by atoms with Crippen LogP contribution in [0.25, 0.3) is 10.8 Å². The van der Waals surface area contributed by atoms with Gasteiger partial charge in [0.25, 0.3) is 0 Å². The van der Waals surface area contributed by atoms with E-state index in [2.05, 4.69) is 20.3 Å². The summed E-state index contributed by atoms with van der Waals surface area (Å²) in [6, 6.07) is 7.42. The summed E-state index contributed by atoms with van der Waals surface area (Å²) >= 11 is 5.88. The highest BCUT2D eigenvalue weighted by atomic mass is 35.5. The van der Waals surface area contributed by atoms with Crippen LogP contribution in [0.3, 0.4) is 0 Å². The molecule has 0 spiro atoms. The van der Waals surface area contributed by atoms with Gasteiger partial charge in [0.05, 0.1) is 6.54 Å². The van der Waals surface area contributed by atoms with Crippen LogP contribution < -0.4 is 5.84 Å². The maximum atomic E-state index is 15.5. The van der Waals surface area contributed by atoms with Gasteiger partial charge in [-0.3, -0.25) is 9.98 Å². The number of hydrogen-bond donors (Lipinski definition) is 2. The van der Waals surface area contributed by atoms with Crippen molar-refractivity contribution in [1.29, 1.82) is 0 Å². The van der Waals surface area contributed by atoms with E-state index in [1.807, 2.05) is 0 Å². The quantitative estimate of drug-likeness (QED) is 0.148. The lowest BCUT2D eigenvalue weighted by Gasteiger charge is -2.35. The summed E-state index contributed by atoms with van der Waals surface area (Å²) in [6.07, 6.45) is 1.87. The molecule has 156 valence electrons. The number of fused-ring (bicyclic) bond motifs is 1. The van der Waals surface area contributed by atoms with Crippen LogP contribution in [0.15, 0.2) is 64.0 Å². The molecule has 2 aromatic carbocycles. The maximum Gasteiger partial charge on any atom is 0.323 e. The number of halogens is 5. The SMILES string of the molecule is NN=NC=NCC(O)(c1ccc(F)cc1F)C(F)(F)c1cc2ccc(Cl)cc2cn1. The zero-order valence-electron chi connectivity index (χ0n) is 15.1. The monoisotopic (exact) mass is 439 g/mol. The third kappa shape index (κ3) is 3.96. The average Bonchev–Trinajstić information content (AvgIpc) is 2.70. The Morgan fingerprint density at radius 3 is 2.57 bits per heavy atom. The van der Waals surface area contributed by atoms with Crippen molar-refractivity contribution in [1.82, 2.24) is 4.98 Å². The first kappa shape index (κ1) is 21.6. The number of pyridine rings is 1. The fraction of sp³-hybridized carbons (Fsp3) is 0.158. The molecule has 30 heavy (non-hydrogen) atoms. The minimum absolute atomic E-state index is 0.367. The molecule has 0 radical (unpaired) electrons. The minimum atomic E-state index is -4.14. The Hall–Kier alpha value is -3.11. The predicted molar refractivity (Wildman–Crippen MR) is 103 cm³/mol. The molecular weight excluding hydrogens is 426 g/mol. The Morgan fingerprint density at radius 2 is 1.87 bits per heavy atom. The number of nitrogens with zero attached hydrogens (tertiary/aromatic N) is 4. The van der Waals surface area contributed by atoms with Crippen LogP contribution in [0.4, 0.5) is 17.6 Å². The van der Waals surface area contributed by atoms with Crippen molar-refractivity contribution in [2.45, 2.75) is 11.5 Å². The second-order valence-electron chi connectivity index (χ2n) is 6.31. The molecule has 0 fully saturated rings. The third-order valence-corrected chi connectivity index (χ3v) is 4.66. The van der Waals surface area contributed by atoms with Crippen molar-refractivity contribution in [3.8, 4) is 0 Å². The van der Waals surface area contributed by atoms with E-state index in [4.69, 9.17) is 17.4 Å². The predicted octanol–water partition coefficient (Wildman–Crippen LogP) is 4.50. The molecule has 0 aliphatic heterocycles. The van der Waals surface area contributed by atoms with Gasteiger partial charge >= 0.3 is 5.92 Å². The summed E-state index contributed by atoms with van der Waals surface area (Å²) in [5.74, 6) is -1.71. The smallest absolute Gasteiger partial charge is 0.323 e. The summed E-state index contributed by atoms with van der Waals surface area (Å²) in [5, 5.41) is 18.3. The standard InChI is InChI=1S/C19H14ClF4N5O/c20-13-2-1-11-6-17(27-8-12(11)5-13)19(23,24)18(30,9-26-10-28-29-25)15-4-3-14(21)7-16(15)22/h1-8,10,30H,9H2,(H2,25,26,28). The molecule has 6 nitrogen and oxygen atoms in total. The van der Waals surface area contributed by atoms with E-state index in [1.54, 1.807) is 0 Å². The first-order valence-corrected chi connectivity index (χ1v) is 8.76. The zero-order valence-corrected chi connectivity index (χ0v) is 15.9. The lowest BCUT2D eigenvalue weighted by Crippen LogP contribution is -2.47. The molecule has 0 amide bonds. The molecule has 0 saturated carbocycles. The number of hydrogen-bond acceptors (Lipinski definition) is 4. The molecule has 1 atom stereocenters. The molecule has 0 aliphatic carbocycles. The van der Waals surface area contributed by atoms with Crippen LogP contribution in [0, 0.1) is 11.6 Å². The van der Waals surface area contributed by atoms with Crippen LogP contribution in [-0.2, 0) is 11.5 Å². The van der Waals surface area contributed by atoms with Gasteiger partial charge < -0.3 is 10.9 Å². The minimum Gasteiger partial charge on any atom is -0.377 e. The Kier molecular flexibility index (Phi) is 5.99. The topological polar surface area (TPSA) is 96.2 Å². The zero-order chi connectivity index (χ0) is 21.9. The number of aliphatic hydroxyl groups is 1. The molecule has 1 unspecified atom stereocenters. The van der Waals surface area contributed by atoms with Crippen molar-refractivity contribution in [3.63, 3.8) is 0 Å². The van der Waals surface area contributed by atoms with Gasteiger partial charge in [-0.1, -0.05) is 22.9 Å². The Bertz CT molecular complexity index is 1140. The molecule has 1 aromatic heterocycles. The molecule has 0 aliphatic rings. The number of benzene rings is 2. The molecule has 3 N–H and O–H groups in total. The van der Waals surface area contributed by atoms with Crippen LogP contribution in [0.1, 0.15) is 11.3 Å². The fourth-order valence-corrected chi connectivity index (χ4v) is 3.09. The molecule has 3 rings (SSSR count). The lowest BCUT2D eigenvalue weighted by molar-refractivity contribution is -0.193. The summed E-state index contributed by atoms with van der Waals surface area (Å²) in [7, 11) is 0. The van der Waals surface area contributed by atoms with Crippen molar-refractivity contribution >= 4 is 28.7 Å². The molecule has 1 heterocycles. The summed E-state index contributed by atoms with van der Waals surface area (Å²) in [4.78, 5) is 7.26. The van der Waals surface area contributed by atoms with Gasteiger partial charge in [-0.25, -0.2) is 8.78 Å². The third-order valence-electron chi connectivity index (χ3n) is 4.42. The number of aliphatic imine (C=N–C) groups is 1. The van der Waals surface area contributed by atoms with Gasteiger partial charge in [-0.2, -0.15) is 8.78 Å². The number of nitrogens with two attached hydrogens (primary N) is 1. The Labute approximate surface area is 172 Å². The van der Waals surface area contributed by atoms with E-state index >= 15 is 8.78 Å². The van der Waals surface area contributed by atoms with Gasteiger partial charge in [0.1, 0.15) is 23.7 Å². The van der Waals surface area contributed by atoms with E-state index in [9.17, 15) is 13.9 Å². The average molecular weight is 440 g/mol. The Balaban J connectivity index is 2.16. The highest BCUT2D eigenvalue weighted by molar-refractivity contribution is 6.31. The highest BCUT2D eigenvalue weighted by Gasteiger charge is 2.57. The first-order valence-electron chi connectivity index (χ1n) is 8.39. The maximum absolute atomic E-state index is 15.5. The second-order valence-corrected chi connectivity index (χ2v) is 6.74. The van der Waals surface area contributed by atoms with E-state index < -0.39 is 41.0 Å². The van der Waals surface area contributed by atoms with Gasteiger partial charge in [-0.15, -0.1) is 5.11 Å². The summed E-state index contributed by atoms with van der Waals surface area (Å²) < 4.78 is 58.8. The van der Waals surface area contributed by atoms with E-state index in [-0.39, 0.29) is 0 Å². The second kappa shape index (κ2) is 8.33. The van der Waals surface area contributed by atoms with Crippen molar-refractivity contribution < 1.29 is 22.7 Å². The normalized spacial score (nSPS) is 14.6. The van der Waals surface area contributed by atoms with E-state index in [1.165, 1.54) is 18.2 Å². The van der Waals surface area contributed by atoms with Crippen LogP contribution in [0.5, 0.6) is 0 Å².